The molecule has 3 rings (SSSR count). The predicted molar refractivity (Wildman–Crippen MR) is 79.4 cm³/mol. The number of aromatic nitrogens is 1. The summed E-state index contributed by atoms with van der Waals surface area (Å²) in [5, 5.41) is 14.2. The van der Waals surface area contributed by atoms with Gasteiger partial charge in [0, 0.05) is 24.8 Å². The second-order valence-corrected chi connectivity index (χ2v) is 6.29. The highest BCUT2D eigenvalue weighted by Gasteiger charge is 2.38. The molecule has 1 saturated heterocycles. The van der Waals surface area contributed by atoms with Crippen LogP contribution >= 0.6 is 0 Å². The van der Waals surface area contributed by atoms with E-state index in [1.54, 1.807) is 6.20 Å². The Morgan fingerprint density at radius 3 is 2.65 bits per heavy atom. The molecule has 2 aliphatic rings. The van der Waals surface area contributed by atoms with Gasteiger partial charge < -0.3 is 10.4 Å². The van der Waals surface area contributed by atoms with Crippen LogP contribution in [0, 0.1) is 0 Å². The van der Waals surface area contributed by atoms with Gasteiger partial charge in [-0.15, -0.1) is 0 Å². The number of hydrogen-bond acceptors (Lipinski definition) is 4. The third-order valence-corrected chi connectivity index (χ3v) is 5.11. The van der Waals surface area contributed by atoms with Gasteiger partial charge >= 0.3 is 0 Å². The van der Waals surface area contributed by atoms with Gasteiger partial charge in [0.15, 0.2) is 0 Å². The average Bonchev–Trinajstić information content (AvgIpc) is 3.02. The minimum absolute atomic E-state index is 0.601. The van der Waals surface area contributed by atoms with Crippen LogP contribution in [0.2, 0.25) is 0 Å². The molecular weight excluding hydrogens is 250 g/mol. The summed E-state index contributed by atoms with van der Waals surface area (Å²) >= 11 is 0. The van der Waals surface area contributed by atoms with Crippen LogP contribution in [0.1, 0.15) is 37.8 Å². The molecule has 1 saturated carbocycles. The van der Waals surface area contributed by atoms with E-state index in [-0.39, 0.29) is 0 Å². The van der Waals surface area contributed by atoms with Gasteiger partial charge in [0.1, 0.15) is 5.60 Å². The van der Waals surface area contributed by atoms with E-state index >= 15 is 0 Å². The fourth-order valence-electron chi connectivity index (χ4n) is 3.67. The van der Waals surface area contributed by atoms with Gasteiger partial charge in [0.05, 0.1) is 5.69 Å². The van der Waals surface area contributed by atoms with Crippen LogP contribution in [0.5, 0.6) is 0 Å². The van der Waals surface area contributed by atoms with E-state index in [0.717, 1.165) is 44.5 Å². The maximum atomic E-state index is 10.8. The number of nitrogens with zero attached hydrogens (tertiary/aromatic N) is 2. The Kier molecular flexibility index (Phi) is 4.06. The summed E-state index contributed by atoms with van der Waals surface area (Å²) < 4.78 is 0. The zero-order chi connectivity index (χ0) is 14.0. The van der Waals surface area contributed by atoms with Crippen molar-refractivity contribution >= 4 is 0 Å². The Hall–Kier alpha value is -0.970. The fourth-order valence-corrected chi connectivity index (χ4v) is 3.67. The number of nitrogens with one attached hydrogen (secondary N) is 1. The molecular formula is C16H25N3O. The molecule has 0 unspecified atom stereocenters. The summed E-state index contributed by atoms with van der Waals surface area (Å²) in [6, 6.07) is 7.08. The Bertz CT molecular complexity index is 423. The standard InChI is InChI=1S/C16H25N3O/c1-19(14-7-11-17-12-14)13-5-8-16(20,9-6-13)15-4-2-3-10-18-15/h2-4,10,13-14,17,20H,5-9,11-12H2,1H3/t13?,14-,16?/m0/s1. The van der Waals surface area contributed by atoms with Gasteiger partial charge in [-0.25, -0.2) is 0 Å². The molecule has 2 heterocycles. The molecule has 1 atom stereocenters. The van der Waals surface area contributed by atoms with Gasteiger partial charge in [-0.1, -0.05) is 6.07 Å². The molecule has 110 valence electrons. The lowest BCUT2D eigenvalue weighted by Crippen LogP contribution is -2.46. The van der Waals surface area contributed by atoms with Crippen LogP contribution in [0.4, 0.5) is 0 Å². The van der Waals surface area contributed by atoms with Gasteiger partial charge in [-0.05, 0) is 57.8 Å². The smallest absolute Gasteiger partial charge is 0.107 e. The molecule has 20 heavy (non-hydrogen) atoms. The van der Waals surface area contributed by atoms with Gasteiger partial charge in [0.25, 0.3) is 0 Å². The van der Waals surface area contributed by atoms with Gasteiger partial charge in [-0.2, -0.15) is 0 Å². The summed E-state index contributed by atoms with van der Waals surface area (Å²) in [5.74, 6) is 0. The molecule has 4 nitrogen and oxygen atoms in total. The van der Waals surface area contributed by atoms with E-state index in [4.69, 9.17) is 0 Å². The Morgan fingerprint density at radius 2 is 2.05 bits per heavy atom. The van der Waals surface area contributed by atoms with Crippen molar-refractivity contribution in [2.45, 2.75) is 49.8 Å². The second-order valence-electron chi connectivity index (χ2n) is 6.29. The van der Waals surface area contributed by atoms with E-state index in [1.165, 1.54) is 6.42 Å². The third-order valence-electron chi connectivity index (χ3n) is 5.11. The first-order valence-corrected chi connectivity index (χ1v) is 7.75. The molecule has 1 aromatic heterocycles. The molecule has 0 bridgehead atoms. The van der Waals surface area contributed by atoms with Crippen molar-refractivity contribution in [3.8, 4) is 0 Å². The van der Waals surface area contributed by atoms with Crippen molar-refractivity contribution in [2.24, 2.45) is 0 Å². The molecule has 2 fully saturated rings. The van der Waals surface area contributed by atoms with Crippen molar-refractivity contribution < 1.29 is 5.11 Å². The van der Waals surface area contributed by atoms with Crippen molar-refractivity contribution in [1.29, 1.82) is 0 Å². The quantitative estimate of drug-likeness (QED) is 0.878. The lowest BCUT2D eigenvalue weighted by atomic mass is 9.79. The molecule has 1 aromatic rings. The third kappa shape index (κ3) is 2.73. The molecule has 1 aliphatic carbocycles. The van der Waals surface area contributed by atoms with E-state index in [9.17, 15) is 5.11 Å². The number of rotatable bonds is 3. The van der Waals surface area contributed by atoms with Gasteiger partial charge in [-0.3, -0.25) is 9.88 Å². The van der Waals surface area contributed by atoms with E-state index in [1.807, 2.05) is 18.2 Å². The Balaban J connectivity index is 1.61. The molecule has 4 heteroatoms. The van der Waals surface area contributed by atoms with Crippen LogP contribution < -0.4 is 5.32 Å². The zero-order valence-electron chi connectivity index (χ0n) is 12.3. The van der Waals surface area contributed by atoms with E-state index in [2.05, 4.69) is 22.2 Å². The summed E-state index contributed by atoms with van der Waals surface area (Å²) in [6.45, 7) is 2.25. The summed E-state index contributed by atoms with van der Waals surface area (Å²) in [5.41, 5.74) is 0.121. The number of aliphatic hydroxyl groups is 1. The van der Waals surface area contributed by atoms with Crippen molar-refractivity contribution in [3.05, 3.63) is 30.1 Å². The molecule has 1 aliphatic heterocycles. The van der Waals surface area contributed by atoms with Crippen LogP contribution in [0.15, 0.2) is 24.4 Å². The first-order chi connectivity index (χ1) is 9.69. The molecule has 2 N–H and O–H groups in total. The van der Waals surface area contributed by atoms with Crippen molar-refractivity contribution in [2.75, 3.05) is 20.1 Å². The number of hydrogen-bond donors (Lipinski definition) is 2. The highest BCUT2D eigenvalue weighted by molar-refractivity contribution is 5.14. The minimum Gasteiger partial charge on any atom is -0.384 e. The highest BCUT2D eigenvalue weighted by Crippen LogP contribution is 2.37. The Morgan fingerprint density at radius 1 is 1.25 bits per heavy atom. The van der Waals surface area contributed by atoms with Crippen molar-refractivity contribution in [3.63, 3.8) is 0 Å². The molecule has 0 amide bonds. The van der Waals surface area contributed by atoms with Crippen LogP contribution in [-0.2, 0) is 5.60 Å². The van der Waals surface area contributed by atoms with Gasteiger partial charge in [0.2, 0.25) is 0 Å². The minimum atomic E-state index is -0.716. The summed E-state index contributed by atoms with van der Waals surface area (Å²) in [4.78, 5) is 6.87. The van der Waals surface area contributed by atoms with Crippen LogP contribution in [-0.4, -0.2) is 47.2 Å². The Labute approximate surface area is 121 Å². The maximum absolute atomic E-state index is 10.8. The summed E-state index contributed by atoms with van der Waals surface area (Å²) in [6.07, 6.45) is 6.77. The lowest BCUT2D eigenvalue weighted by Gasteiger charge is -2.41. The largest absolute Gasteiger partial charge is 0.384 e. The van der Waals surface area contributed by atoms with E-state index < -0.39 is 5.60 Å². The highest BCUT2D eigenvalue weighted by atomic mass is 16.3. The predicted octanol–water partition coefficient (Wildman–Crippen LogP) is 1.51. The molecule has 0 spiro atoms. The van der Waals surface area contributed by atoms with Crippen LogP contribution in [0.25, 0.3) is 0 Å². The first kappa shape index (κ1) is 14.0. The topological polar surface area (TPSA) is 48.4 Å². The lowest BCUT2D eigenvalue weighted by molar-refractivity contribution is -0.0293. The van der Waals surface area contributed by atoms with E-state index in [0.29, 0.717) is 12.1 Å². The normalized spacial score (nSPS) is 34.5. The maximum Gasteiger partial charge on any atom is 0.107 e. The average molecular weight is 275 g/mol. The summed E-state index contributed by atoms with van der Waals surface area (Å²) in [7, 11) is 2.24. The SMILES string of the molecule is CN(C1CCC(O)(c2ccccn2)CC1)[C@H]1CCNC1. The number of pyridine rings is 1. The van der Waals surface area contributed by atoms with Crippen molar-refractivity contribution in [1.82, 2.24) is 15.2 Å². The first-order valence-electron chi connectivity index (χ1n) is 7.75. The van der Waals surface area contributed by atoms with Crippen LogP contribution in [0.3, 0.4) is 0 Å². The molecule has 0 aromatic carbocycles. The molecule has 0 radical (unpaired) electrons. The zero-order valence-corrected chi connectivity index (χ0v) is 12.3. The monoisotopic (exact) mass is 275 g/mol. The fraction of sp³-hybridized carbons (Fsp3) is 0.688. The second kappa shape index (κ2) is 5.80. The number of likely N-dealkylation sites (N-methyl/N-ethyl adjacent to an activating group) is 1.